The van der Waals surface area contributed by atoms with Gasteiger partial charge in [0.2, 0.25) is 10.0 Å². The zero-order valence-electron chi connectivity index (χ0n) is 15.3. The lowest BCUT2D eigenvalue weighted by Gasteiger charge is -2.11. The van der Waals surface area contributed by atoms with Gasteiger partial charge in [0.15, 0.2) is 0 Å². The van der Waals surface area contributed by atoms with Crippen molar-refractivity contribution in [2.24, 2.45) is 0 Å². The Balaban J connectivity index is 1.69. The highest BCUT2D eigenvalue weighted by Crippen LogP contribution is 2.25. The normalized spacial score (nSPS) is 11.0. The first-order chi connectivity index (χ1) is 13.5. The van der Waals surface area contributed by atoms with E-state index in [1.165, 1.54) is 19.2 Å². The number of hydrogen-bond acceptors (Lipinski definition) is 4. The first-order valence-electron chi connectivity index (χ1n) is 8.62. The molecule has 6 nitrogen and oxygen atoms in total. The molecule has 0 unspecified atom stereocenters. The van der Waals surface area contributed by atoms with Crippen LogP contribution in [0.5, 0.6) is 11.5 Å². The lowest BCUT2D eigenvalue weighted by Crippen LogP contribution is -2.23. The lowest BCUT2D eigenvalue weighted by atomic mass is 10.1. The van der Waals surface area contributed by atoms with Gasteiger partial charge in [0.05, 0.1) is 10.5 Å². The summed E-state index contributed by atoms with van der Waals surface area (Å²) in [5.41, 5.74) is 1.20. The Hall–Kier alpha value is -3.16. The molecule has 3 rings (SSSR count). The van der Waals surface area contributed by atoms with E-state index in [1.54, 1.807) is 36.4 Å². The second-order valence-electron chi connectivity index (χ2n) is 5.95. The Labute approximate surface area is 164 Å². The number of carbonyl (C=O) groups excluding carboxylic acids is 1. The summed E-state index contributed by atoms with van der Waals surface area (Å²) >= 11 is 0. The number of sulfonamides is 1. The smallest absolute Gasteiger partial charge is 0.255 e. The van der Waals surface area contributed by atoms with E-state index in [9.17, 15) is 13.2 Å². The van der Waals surface area contributed by atoms with Crippen LogP contribution < -0.4 is 14.8 Å². The van der Waals surface area contributed by atoms with Crippen molar-refractivity contribution in [1.29, 1.82) is 0 Å². The Kier molecular flexibility index (Phi) is 6.08. The summed E-state index contributed by atoms with van der Waals surface area (Å²) in [6.45, 7) is 0.262. The Bertz CT molecular complexity index is 1050. The summed E-state index contributed by atoms with van der Waals surface area (Å²) in [6, 6.07) is 22.6. The van der Waals surface area contributed by atoms with Crippen LogP contribution in [0.25, 0.3) is 0 Å². The first kappa shape index (κ1) is 19.6. The minimum atomic E-state index is -3.48. The average Bonchev–Trinajstić information content (AvgIpc) is 2.73. The Morgan fingerprint density at radius 3 is 2.21 bits per heavy atom. The van der Waals surface area contributed by atoms with Gasteiger partial charge in [-0.05, 0) is 49.0 Å². The van der Waals surface area contributed by atoms with Crippen LogP contribution in [0.4, 0.5) is 0 Å². The van der Waals surface area contributed by atoms with Crippen molar-refractivity contribution in [1.82, 2.24) is 10.0 Å². The van der Waals surface area contributed by atoms with E-state index in [0.29, 0.717) is 17.1 Å². The van der Waals surface area contributed by atoms with Gasteiger partial charge in [-0.2, -0.15) is 0 Å². The third-order valence-electron chi connectivity index (χ3n) is 4.06. The van der Waals surface area contributed by atoms with E-state index >= 15 is 0 Å². The molecule has 0 saturated heterocycles. The molecule has 0 atom stereocenters. The molecule has 3 aromatic rings. The third kappa shape index (κ3) is 4.76. The summed E-state index contributed by atoms with van der Waals surface area (Å²) in [5, 5.41) is 2.83. The topological polar surface area (TPSA) is 84.5 Å². The van der Waals surface area contributed by atoms with Crippen LogP contribution in [0, 0.1) is 0 Å². The molecule has 0 aliphatic rings. The molecular formula is C21H20N2O4S. The van der Waals surface area contributed by atoms with E-state index in [2.05, 4.69) is 10.0 Å². The molecule has 0 fully saturated rings. The number of hydrogen-bond donors (Lipinski definition) is 2. The van der Waals surface area contributed by atoms with Crippen LogP contribution in [0.3, 0.4) is 0 Å². The Morgan fingerprint density at radius 1 is 0.893 bits per heavy atom. The molecular weight excluding hydrogens is 376 g/mol. The van der Waals surface area contributed by atoms with Crippen molar-refractivity contribution >= 4 is 15.9 Å². The van der Waals surface area contributed by atoms with Gasteiger partial charge in [-0.25, -0.2) is 13.1 Å². The molecule has 3 aromatic carbocycles. The predicted octanol–water partition coefficient (Wildman–Crippen LogP) is 3.32. The molecule has 0 saturated carbocycles. The SMILES string of the molecule is CNS(=O)(=O)c1ccc(CNC(=O)c2ccccc2Oc2ccccc2)cc1. The second-order valence-corrected chi connectivity index (χ2v) is 7.83. The summed E-state index contributed by atoms with van der Waals surface area (Å²) in [7, 11) is -2.12. The van der Waals surface area contributed by atoms with Crippen molar-refractivity contribution in [3.63, 3.8) is 0 Å². The summed E-state index contributed by atoms with van der Waals surface area (Å²) in [4.78, 5) is 12.8. The molecule has 144 valence electrons. The number of ether oxygens (including phenoxy) is 1. The zero-order chi connectivity index (χ0) is 20.0. The highest BCUT2D eigenvalue weighted by atomic mass is 32.2. The van der Waals surface area contributed by atoms with Gasteiger partial charge >= 0.3 is 0 Å². The summed E-state index contributed by atoms with van der Waals surface area (Å²) < 4.78 is 31.6. The quantitative estimate of drug-likeness (QED) is 0.642. The fourth-order valence-electron chi connectivity index (χ4n) is 2.54. The molecule has 0 aliphatic heterocycles. The zero-order valence-corrected chi connectivity index (χ0v) is 16.1. The lowest BCUT2D eigenvalue weighted by molar-refractivity contribution is 0.0948. The van der Waals surface area contributed by atoms with Crippen molar-refractivity contribution in [2.45, 2.75) is 11.4 Å². The maximum atomic E-state index is 12.6. The van der Waals surface area contributed by atoms with E-state index < -0.39 is 10.0 Å². The number of amides is 1. The molecule has 0 radical (unpaired) electrons. The molecule has 0 heterocycles. The molecule has 1 amide bonds. The van der Waals surface area contributed by atoms with Crippen LogP contribution in [0.15, 0.2) is 83.8 Å². The standard InChI is InChI=1S/C21H20N2O4S/c1-22-28(25,26)18-13-11-16(12-14-18)15-23-21(24)19-9-5-6-10-20(19)27-17-7-3-2-4-8-17/h2-14,22H,15H2,1H3,(H,23,24). The van der Waals surface area contributed by atoms with Gasteiger partial charge in [-0.15, -0.1) is 0 Å². The van der Waals surface area contributed by atoms with E-state index in [4.69, 9.17) is 4.74 Å². The van der Waals surface area contributed by atoms with Gasteiger partial charge in [0.25, 0.3) is 5.91 Å². The molecule has 0 aliphatic carbocycles. The molecule has 0 aromatic heterocycles. The molecule has 28 heavy (non-hydrogen) atoms. The van der Waals surface area contributed by atoms with Crippen molar-refractivity contribution in [3.05, 3.63) is 90.0 Å². The maximum absolute atomic E-state index is 12.6. The highest BCUT2D eigenvalue weighted by Gasteiger charge is 2.13. The number of para-hydroxylation sites is 2. The van der Waals surface area contributed by atoms with Gasteiger partial charge in [0, 0.05) is 6.54 Å². The van der Waals surface area contributed by atoms with Crippen LogP contribution in [-0.2, 0) is 16.6 Å². The fraction of sp³-hybridized carbons (Fsp3) is 0.0952. The largest absolute Gasteiger partial charge is 0.457 e. The average molecular weight is 396 g/mol. The number of rotatable bonds is 7. The van der Waals surface area contributed by atoms with Crippen LogP contribution in [-0.4, -0.2) is 21.4 Å². The third-order valence-corrected chi connectivity index (χ3v) is 5.49. The monoisotopic (exact) mass is 396 g/mol. The van der Waals surface area contributed by atoms with Crippen molar-refractivity contribution < 1.29 is 17.9 Å². The van der Waals surface area contributed by atoms with Gasteiger partial charge in [0.1, 0.15) is 11.5 Å². The Morgan fingerprint density at radius 2 is 1.54 bits per heavy atom. The molecule has 2 N–H and O–H groups in total. The van der Waals surface area contributed by atoms with Crippen molar-refractivity contribution in [3.8, 4) is 11.5 Å². The minimum absolute atomic E-state index is 0.173. The summed E-state index contributed by atoms with van der Waals surface area (Å²) in [5.74, 6) is 0.823. The number of benzene rings is 3. The molecule has 7 heteroatoms. The van der Waals surface area contributed by atoms with Crippen LogP contribution in [0.1, 0.15) is 15.9 Å². The van der Waals surface area contributed by atoms with Crippen LogP contribution >= 0.6 is 0 Å². The first-order valence-corrected chi connectivity index (χ1v) is 10.1. The van der Waals surface area contributed by atoms with Crippen LogP contribution in [0.2, 0.25) is 0 Å². The van der Waals surface area contributed by atoms with E-state index in [1.807, 2.05) is 30.3 Å². The minimum Gasteiger partial charge on any atom is -0.457 e. The van der Waals surface area contributed by atoms with E-state index in [0.717, 1.165) is 5.56 Å². The fourth-order valence-corrected chi connectivity index (χ4v) is 3.27. The molecule has 0 spiro atoms. The van der Waals surface area contributed by atoms with E-state index in [-0.39, 0.29) is 17.3 Å². The van der Waals surface area contributed by atoms with Crippen molar-refractivity contribution in [2.75, 3.05) is 7.05 Å². The predicted molar refractivity (Wildman–Crippen MR) is 107 cm³/mol. The maximum Gasteiger partial charge on any atom is 0.255 e. The molecule has 0 bridgehead atoms. The second kappa shape index (κ2) is 8.69. The number of carbonyl (C=O) groups is 1. The van der Waals surface area contributed by atoms with Gasteiger partial charge < -0.3 is 10.1 Å². The highest BCUT2D eigenvalue weighted by molar-refractivity contribution is 7.89. The van der Waals surface area contributed by atoms with Gasteiger partial charge in [-0.1, -0.05) is 42.5 Å². The van der Waals surface area contributed by atoms with Gasteiger partial charge in [-0.3, -0.25) is 4.79 Å². The number of nitrogens with one attached hydrogen (secondary N) is 2. The summed E-state index contributed by atoms with van der Waals surface area (Å²) in [6.07, 6.45) is 0.